The number of hydrogen-bond donors (Lipinski definition) is 2. The Hall–Kier alpha value is -1.02. The maximum absolute atomic E-state index is 10.9. The van der Waals surface area contributed by atoms with E-state index in [1.54, 1.807) is 0 Å². The van der Waals surface area contributed by atoms with E-state index in [0.717, 1.165) is 10.0 Å². The molecular formula is C12H9BrCl3N3O3. The molecule has 1 aromatic carbocycles. The Labute approximate surface area is 148 Å². The van der Waals surface area contributed by atoms with Crippen LogP contribution in [-0.4, -0.2) is 21.3 Å². The number of halogens is 4. The lowest BCUT2D eigenvalue weighted by atomic mass is 10.1. The molecule has 22 heavy (non-hydrogen) atoms. The summed E-state index contributed by atoms with van der Waals surface area (Å²) in [5.74, 6) is -0.132. The average molecular weight is 429 g/mol. The second kappa shape index (κ2) is 7.04. The van der Waals surface area contributed by atoms with Crippen molar-refractivity contribution in [2.24, 2.45) is 0 Å². The van der Waals surface area contributed by atoms with E-state index >= 15 is 0 Å². The van der Waals surface area contributed by atoms with Crippen LogP contribution in [0.3, 0.4) is 0 Å². The Morgan fingerprint density at radius 3 is 2.50 bits per heavy atom. The highest BCUT2D eigenvalue weighted by atomic mass is 79.9. The summed E-state index contributed by atoms with van der Waals surface area (Å²) in [6.45, 7) is 0. The predicted octanol–water partition coefficient (Wildman–Crippen LogP) is 4.21. The molecule has 0 spiro atoms. The van der Waals surface area contributed by atoms with E-state index in [1.807, 2.05) is 24.3 Å². The zero-order valence-corrected chi connectivity index (χ0v) is 14.6. The van der Waals surface area contributed by atoms with Crippen LogP contribution in [-0.2, 0) is 10.2 Å². The zero-order chi connectivity index (χ0) is 16.3. The highest BCUT2D eigenvalue weighted by Crippen LogP contribution is 2.37. The quantitative estimate of drug-likeness (QED) is 0.711. The van der Waals surface area contributed by atoms with Crippen molar-refractivity contribution in [3.63, 3.8) is 0 Å². The molecule has 1 aromatic heterocycles. The fraction of sp³-hybridized carbons (Fsp3) is 0.250. The van der Waals surface area contributed by atoms with Crippen LogP contribution < -0.4 is 5.32 Å². The van der Waals surface area contributed by atoms with E-state index in [1.165, 1.54) is 0 Å². The lowest BCUT2D eigenvalue weighted by Gasteiger charge is -2.13. The van der Waals surface area contributed by atoms with Gasteiger partial charge in [-0.15, -0.1) is 0 Å². The number of nitrogens with zero attached hydrogens (tertiary/aromatic N) is 2. The number of carboxylic acid groups (broad SMARTS) is 1. The van der Waals surface area contributed by atoms with Gasteiger partial charge in [-0.05, 0) is 17.7 Å². The van der Waals surface area contributed by atoms with Gasteiger partial charge in [-0.1, -0.05) is 68.0 Å². The number of nitrogens with one attached hydrogen (secondary N) is 1. The van der Waals surface area contributed by atoms with Crippen LogP contribution in [0.4, 0.5) is 4.79 Å². The van der Waals surface area contributed by atoms with Crippen molar-refractivity contribution in [1.29, 1.82) is 0 Å². The number of rotatable bonds is 4. The van der Waals surface area contributed by atoms with Crippen molar-refractivity contribution in [2.75, 3.05) is 0 Å². The number of benzene rings is 1. The second-order valence-electron chi connectivity index (χ2n) is 4.29. The Bertz CT molecular complexity index is 658. The minimum absolute atomic E-state index is 0.0895. The minimum Gasteiger partial charge on any atom is -0.465 e. The third-order valence-corrected chi connectivity index (χ3v) is 3.66. The monoisotopic (exact) mass is 427 g/mol. The first-order valence-electron chi connectivity index (χ1n) is 5.90. The van der Waals surface area contributed by atoms with E-state index in [0.29, 0.717) is 6.42 Å². The summed E-state index contributed by atoms with van der Waals surface area (Å²) in [5, 5.41) is 14.9. The summed E-state index contributed by atoms with van der Waals surface area (Å²) >= 11 is 20.3. The van der Waals surface area contributed by atoms with Crippen LogP contribution in [0, 0.1) is 0 Å². The fourth-order valence-electron chi connectivity index (χ4n) is 1.70. The molecule has 0 bridgehead atoms. The van der Waals surface area contributed by atoms with Crippen molar-refractivity contribution >= 4 is 56.8 Å². The molecule has 10 heteroatoms. The Kier molecular flexibility index (Phi) is 5.55. The minimum atomic E-state index is -1.86. The van der Waals surface area contributed by atoms with Gasteiger partial charge >= 0.3 is 6.09 Å². The van der Waals surface area contributed by atoms with E-state index in [4.69, 9.17) is 44.4 Å². The van der Waals surface area contributed by atoms with Gasteiger partial charge in [0.05, 0.1) is 6.04 Å². The molecule has 0 fully saturated rings. The topological polar surface area (TPSA) is 88.2 Å². The van der Waals surface area contributed by atoms with Gasteiger partial charge in [0.2, 0.25) is 0 Å². The molecule has 2 N–H and O–H groups in total. The molecule has 1 atom stereocenters. The van der Waals surface area contributed by atoms with Crippen LogP contribution >= 0.6 is 50.7 Å². The smallest absolute Gasteiger partial charge is 0.405 e. The van der Waals surface area contributed by atoms with Crippen LogP contribution in [0.2, 0.25) is 0 Å². The van der Waals surface area contributed by atoms with E-state index < -0.39 is 15.9 Å². The number of aromatic nitrogens is 2. The third kappa shape index (κ3) is 4.74. The molecule has 0 radical (unpaired) electrons. The molecule has 0 aliphatic rings. The maximum atomic E-state index is 10.9. The molecule has 2 rings (SSSR count). The van der Waals surface area contributed by atoms with Crippen molar-refractivity contribution in [3.8, 4) is 0 Å². The van der Waals surface area contributed by atoms with Crippen molar-refractivity contribution in [3.05, 3.63) is 46.0 Å². The highest BCUT2D eigenvalue weighted by molar-refractivity contribution is 9.10. The number of carbonyl (C=O) groups is 1. The van der Waals surface area contributed by atoms with Gasteiger partial charge in [-0.3, -0.25) is 0 Å². The van der Waals surface area contributed by atoms with E-state index in [-0.39, 0.29) is 11.7 Å². The van der Waals surface area contributed by atoms with Gasteiger partial charge in [-0.25, -0.2) is 4.79 Å². The molecule has 2 aromatic rings. The highest BCUT2D eigenvalue weighted by Gasteiger charge is 2.32. The first-order valence-corrected chi connectivity index (χ1v) is 7.83. The van der Waals surface area contributed by atoms with Crippen molar-refractivity contribution in [2.45, 2.75) is 16.3 Å². The summed E-state index contributed by atoms with van der Waals surface area (Å²) in [5.41, 5.74) is 0.877. The normalized spacial score (nSPS) is 12.9. The largest absolute Gasteiger partial charge is 0.465 e. The third-order valence-electron chi connectivity index (χ3n) is 2.65. The van der Waals surface area contributed by atoms with Crippen LogP contribution in [0.1, 0.15) is 23.3 Å². The summed E-state index contributed by atoms with van der Waals surface area (Å²) in [6, 6.07) is 6.64. The molecule has 6 nitrogen and oxygen atoms in total. The fourth-order valence-corrected chi connectivity index (χ4v) is 2.20. The summed E-state index contributed by atoms with van der Waals surface area (Å²) in [6.07, 6.45) is -0.902. The Balaban J connectivity index is 2.24. The SMILES string of the molecule is O=C(O)N[C@@H](Cc1ccc(Br)cc1)c1noc(C(Cl)(Cl)Cl)n1. The predicted molar refractivity (Wildman–Crippen MR) is 85.3 cm³/mol. The van der Waals surface area contributed by atoms with Gasteiger partial charge in [0.25, 0.3) is 9.68 Å². The molecule has 1 amide bonds. The van der Waals surface area contributed by atoms with Crippen LogP contribution in [0.15, 0.2) is 33.3 Å². The van der Waals surface area contributed by atoms with E-state index in [9.17, 15) is 4.79 Å². The number of alkyl halides is 3. The lowest BCUT2D eigenvalue weighted by molar-refractivity contribution is 0.189. The zero-order valence-electron chi connectivity index (χ0n) is 10.8. The molecule has 0 unspecified atom stereocenters. The van der Waals surface area contributed by atoms with Gasteiger partial charge in [-0.2, -0.15) is 4.98 Å². The molecule has 0 saturated heterocycles. The van der Waals surface area contributed by atoms with Gasteiger partial charge in [0.15, 0.2) is 5.82 Å². The summed E-state index contributed by atoms with van der Waals surface area (Å²) < 4.78 is 3.90. The molecule has 118 valence electrons. The van der Waals surface area contributed by atoms with E-state index in [2.05, 4.69) is 31.4 Å². The number of hydrogen-bond acceptors (Lipinski definition) is 4. The first kappa shape index (κ1) is 17.3. The average Bonchev–Trinajstić information content (AvgIpc) is 2.89. The molecule has 0 aliphatic heterocycles. The molecule has 0 saturated carbocycles. The van der Waals surface area contributed by atoms with Crippen LogP contribution in [0.25, 0.3) is 0 Å². The van der Waals surface area contributed by atoms with Gasteiger partial charge in [0.1, 0.15) is 0 Å². The summed E-state index contributed by atoms with van der Waals surface area (Å²) in [7, 11) is 0. The maximum Gasteiger partial charge on any atom is 0.405 e. The molecular weight excluding hydrogens is 420 g/mol. The van der Waals surface area contributed by atoms with Gasteiger partial charge in [0, 0.05) is 10.9 Å². The van der Waals surface area contributed by atoms with Crippen molar-refractivity contribution in [1.82, 2.24) is 15.5 Å². The van der Waals surface area contributed by atoms with Crippen LogP contribution in [0.5, 0.6) is 0 Å². The second-order valence-corrected chi connectivity index (χ2v) is 7.49. The number of amides is 1. The lowest BCUT2D eigenvalue weighted by Crippen LogP contribution is -2.29. The Morgan fingerprint density at radius 1 is 1.36 bits per heavy atom. The Morgan fingerprint density at radius 2 is 2.00 bits per heavy atom. The standard InChI is InChI=1S/C12H9BrCl3N3O3/c13-7-3-1-6(2-4-7)5-8(17-11(20)21)9-18-10(22-19-9)12(14,15)16/h1-4,8,17H,5H2,(H,20,21)/t8-/m0/s1. The summed E-state index contributed by atoms with van der Waals surface area (Å²) in [4.78, 5) is 14.9. The van der Waals surface area contributed by atoms with Gasteiger partial charge < -0.3 is 14.9 Å². The first-order chi connectivity index (χ1) is 10.3. The van der Waals surface area contributed by atoms with Crippen molar-refractivity contribution < 1.29 is 14.4 Å². The molecule has 1 heterocycles. The molecule has 0 aliphatic carbocycles.